The highest BCUT2D eigenvalue weighted by Crippen LogP contribution is 2.22. The normalized spacial score (nSPS) is 16.6. The molecule has 0 atom stereocenters. The molecule has 28 heavy (non-hydrogen) atoms. The molecule has 4 rings (SSSR count). The second kappa shape index (κ2) is 7.43. The van der Waals surface area contributed by atoms with E-state index in [4.69, 9.17) is 0 Å². The minimum Gasteiger partial charge on any atom is -0.306 e. The van der Waals surface area contributed by atoms with Gasteiger partial charge in [-0.15, -0.1) is 0 Å². The first-order valence-corrected chi connectivity index (χ1v) is 10.9. The standard InChI is InChI=1S/C18H18BrFN4O3S/c19-13-2-1-12(15(20)9-13)11-23-5-7-24(8-6-23)28(26,27)14-3-4-16-17(10-14)22-18(25)21-16/h1-4,9-10H,5-8,11H2,(H2,21,22,25). The first-order chi connectivity index (χ1) is 13.3. The van der Waals surface area contributed by atoms with E-state index >= 15 is 0 Å². The predicted octanol–water partition coefficient (Wildman–Crippen LogP) is 2.26. The summed E-state index contributed by atoms with van der Waals surface area (Å²) in [5.74, 6) is -0.279. The molecule has 0 radical (unpaired) electrons. The van der Waals surface area contributed by atoms with Gasteiger partial charge in [-0.3, -0.25) is 4.90 Å². The molecule has 2 aromatic carbocycles. The van der Waals surface area contributed by atoms with Gasteiger partial charge in [0.1, 0.15) is 5.82 Å². The molecular formula is C18H18BrFN4O3S. The summed E-state index contributed by atoms with van der Waals surface area (Å²) in [6.45, 7) is 2.10. The van der Waals surface area contributed by atoms with Crippen LogP contribution >= 0.6 is 15.9 Å². The lowest BCUT2D eigenvalue weighted by Gasteiger charge is -2.34. The van der Waals surface area contributed by atoms with Crippen LogP contribution in [-0.4, -0.2) is 53.8 Å². The van der Waals surface area contributed by atoms with E-state index in [9.17, 15) is 17.6 Å². The Labute approximate surface area is 169 Å². The molecule has 2 heterocycles. The number of rotatable bonds is 4. The average Bonchev–Trinajstić information content (AvgIpc) is 3.03. The van der Waals surface area contributed by atoms with Crippen molar-refractivity contribution in [3.8, 4) is 0 Å². The summed E-state index contributed by atoms with van der Waals surface area (Å²) in [5, 5.41) is 0. The van der Waals surface area contributed by atoms with E-state index in [2.05, 4.69) is 25.9 Å². The molecule has 1 aliphatic heterocycles. The second-order valence-electron chi connectivity index (χ2n) is 6.70. The van der Waals surface area contributed by atoms with Gasteiger partial charge in [-0.1, -0.05) is 22.0 Å². The Morgan fingerprint density at radius 1 is 1.00 bits per heavy atom. The lowest BCUT2D eigenvalue weighted by Crippen LogP contribution is -2.48. The summed E-state index contributed by atoms with van der Waals surface area (Å²) in [6, 6.07) is 9.48. The van der Waals surface area contributed by atoms with E-state index in [1.165, 1.54) is 22.5 Å². The summed E-state index contributed by atoms with van der Waals surface area (Å²) in [6.07, 6.45) is 0. The number of sulfonamides is 1. The number of halogens is 2. The maximum absolute atomic E-state index is 14.0. The maximum atomic E-state index is 14.0. The fourth-order valence-corrected chi connectivity index (χ4v) is 5.12. The zero-order chi connectivity index (χ0) is 19.9. The van der Waals surface area contributed by atoms with Gasteiger partial charge in [0.2, 0.25) is 10.0 Å². The SMILES string of the molecule is O=c1[nH]c2ccc(S(=O)(=O)N3CCN(Cc4ccc(Br)cc4F)CC3)cc2[nH]1. The summed E-state index contributed by atoms with van der Waals surface area (Å²) in [4.78, 5) is 18.7. The van der Waals surface area contributed by atoms with Gasteiger partial charge in [0, 0.05) is 42.8 Å². The summed E-state index contributed by atoms with van der Waals surface area (Å²) < 4.78 is 42.0. The number of H-pyrrole nitrogens is 2. The van der Waals surface area contributed by atoms with Crippen molar-refractivity contribution in [2.24, 2.45) is 0 Å². The first-order valence-electron chi connectivity index (χ1n) is 8.71. The molecule has 7 nitrogen and oxygen atoms in total. The molecule has 10 heteroatoms. The molecule has 148 valence electrons. The lowest BCUT2D eigenvalue weighted by atomic mass is 10.2. The van der Waals surface area contributed by atoms with Gasteiger partial charge in [0.05, 0.1) is 15.9 Å². The molecule has 3 aromatic rings. The van der Waals surface area contributed by atoms with Crippen molar-refractivity contribution in [2.75, 3.05) is 26.2 Å². The van der Waals surface area contributed by atoms with Crippen molar-refractivity contribution in [1.82, 2.24) is 19.2 Å². The molecule has 0 saturated carbocycles. The minimum atomic E-state index is -3.66. The number of aromatic nitrogens is 2. The molecule has 1 fully saturated rings. The number of hydrogen-bond acceptors (Lipinski definition) is 4. The van der Waals surface area contributed by atoms with E-state index < -0.39 is 10.0 Å². The zero-order valence-corrected chi connectivity index (χ0v) is 17.2. The average molecular weight is 469 g/mol. The number of nitrogens with one attached hydrogen (secondary N) is 2. The van der Waals surface area contributed by atoms with Crippen LogP contribution in [0.2, 0.25) is 0 Å². The summed E-state index contributed by atoms with van der Waals surface area (Å²) in [7, 11) is -3.66. The molecule has 0 aliphatic carbocycles. The van der Waals surface area contributed by atoms with Crippen LogP contribution in [0.4, 0.5) is 4.39 Å². The smallest absolute Gasteiger partial charge is 0.306 e. The quantitative estimate of drug-likeness (QED) is 0.614. The van der Waals surface area contributed by atoms with Crippen molar-refractivity contribution in [3.05, 3.63) is 62.7 Å². The van der Waals surface area contributed by atoms with Crippen LogP contribution in [0.5, 0.6) is 0 Å². The molecule has 0 unspecified atom stereocenters. The number of piperazine rings is 1. The van der Waals surface area contributed by atoms with Crippen molar-refractivity contribution < 1.29 is 12.8 Å². The van der Waals surface area contributed by atoms with Gasteiger partial charge >= 0.3 is 5.69 Å². The summed E-state index contributed by atoms with van der Waals surface area (Å²) in [5.41, 5.74) is 1.22. The number of imidazole rings is 1. The fraction of sp³-hybridized carbons (Fsp3) is 0.278. The molecule has 1 saturated heterocycles. The highest BCUT2D eigenvalue weighted by molar-refractivity contribution is 9.10. The molecular weight excluding hydrogens is 451 g/mol. The van der Waals surface area contributed by atoms with Gasteiger partial charge in [0.25, 0.3) is 0 Å². The van der Waals surface area contributed by atoms with E-state index in [0.29, 0.717) is 53.8 Å². The van der Waals surface area contributed by atoms with Crippen LogP contribution in [0.15, 0.2) is 50.6 Å². The van der Waals surface area contributed by atoms with Gasteiger partial charge in [0.15, 0.2) is 0 Å². The van der Waals surface area contributed by atoms with Gasteiger partial charge in [-0.05, 0) is 30.3 Å². The number of hydrogen-bond donors (Lipinski definition) is 2. The molecule has 0 bridgehead atoms. The van der Waals surface area contributed by atoms with Crippen molar-refractivity contribution in [2.45, 2.75) is 11.4 Å². The molecule has 1 aromatic heterocycles. The number of benzene rings is 2. The molecule has 1 aliphatic rings. The second-order valence-corrected chi connectivity index (χ2v) is 9.56. The van der Waals surface area contributed by atoms with Crippen LogP contribution in [0.25, 0.3) is 11.0 Å². The van der Waals surface area contributed by atoms with Crippen molar-refractivity contribution >= 4 is 37.0 Å². The predicted molar refractivity (Wildman–Crippen MR) is 107 cm³/mol. The molecule has 0 spiro atoms. The van der Waals surface area contributed by atoms with Crippen LogP contribution in [0, 0.1) is 5.82 Å². The van der Waals surface area contributed by atoms with Crippen LogP contribution in [0.3, 0.4) is 0 Å². The Morgan fingerprint density at radius 2 is 1.71 bits per heavy atom. The number of aromatic amines is 2. The number of nitrogens with zero attached hydrogens (tertiary/aromatic N) is 2. The molecule has 0 amide bonds. The van der Waals surface area contributed by atoms with E-state index in [1.807, 2.05) is 4.90 Å². The third-order valence-corrected chi connectivity index (χ3v) is 7.25. The minimum absolute atomic E-state index is 0.141. The highest BCUT2D eigenvalue weighted by Gasteiger charge is 2.29. The maximum Gasteiger partial charge on any atom is 0.323 e. The lowest BCUT2D eigenvalue weighted by molar-refractivity contribution is 0.180. The largest absolute Gasteiger partial charge is 0.323 e. The van der Waals surface area contributed by atoms with E-state index in [-0.39, 0.29) is 16.4 Å². The first kappa shape index (κ1) is 19.3. The van der Waals surface area contributed by atoms with Crippen LogP contribution < -0.4 is 5.69 Å². The van der Waals surface area contributed by atoms with Gasteiger partial charge in [-0.25, -0.2) is 17.6 Å². The van der Waals surface area contributed by atoms with Crippen molar-refractivity contribution in [3.63, 3.8) is 0 Å². The van der Waals surface area contributed by atoms with E-state index in [1.54, 1.807) is 18.2 Å². The fourth-order valence-electron chi connectivity index (χ4n) is 3.34. The third kappa shape index (κ3) is 3.77. The summed E-state index contributed by atoms with van der Waals surface area (Å²) >= 11 is 3.24. The van der Waals surface area contributed by atoms with Gasteiger partial charge < -0.3 is 9.97 Å². The Kier molecular flexibility index (Phi) is 5.13. The van der Waals surface area contributed by atoms with E-state index in [0.717, 1.165) is 0 Å². The third-order valence-electron chi connectivity index (χ3n) is 4.87. The Hall–Kier alpha value is -2.01. The van der Waals surface area contributed by atoms with Gasteiger partial charge in [-0.2, -0.15) is 4.31 Å². The van der Waals surface area contributed by atoms with Crippen LogP contribution in [0.1, 0.15) is 5.56 Å². The topological polar surface area (TPSA) is 89.3 Å². The zero-order valence-electron chi connectivity index (χ0n) is 14.8. The monoisotopic (exact) mass is 468 g/mol. The van der Waals surface area contributed by atoms with Crippen molar-refractivity contribution in [1.29, 1.82) is 0 Å². The Bertz CT molecular complexity index is 1180. The molecule has 2 N–H and O–H groups in total. The highest BCUT2D eigenvalue weighted by atomic mass is 79.9. The Morgan fingerprint density at radius 3 is 2.43 bits per heavy atom. The van der Waals surface area contributed by atoms with Crippen LogP contribution in [-0.2, 0) is 16.6 Å². The number of fused-ring (bicyclic) bond motifs is 1. The Balaban J connectivity index is 1.46.